The molecule has 0 aromatic carbocycles. The molecule has 1 atom stereocenters. The smallest absolute Gasteiger partial charge is 0.256 e. The van der Waals surface area contributed by atoms with Crippen LogP contribution in [0.1, 0.15) is 22.8 Å². The van der Waals surface area contributed by atoms with Crippen LogP contribution in [0.25, 0.3) is 0 Å². The zero-order valence-corrected chi connectivity index (χ0v) is 18.5. The van der Waals surface area contributed by atoms with Gasteiger partial charge in [0.1, 0.15) is 22.2 Å². The van der Waals surface area contributed by atoms with Crippen molar-refractivity contribution in [1.29, 1.82) is 0 Å². The fourth-order valence-corrected chi connectivity index (χ4v) is 2.98. The third-order valence-corrected chi connectivity index (χ3v) is 4.71. The number of hydrogen-bond donors (Lipinski definition) is 2. The van der Waals surface area contributed by atoms with E-state index in [2.05, 4.69) is 35.6 Å². The van der Waals surface area contributed by atoms with Gasteiger partial charge in [0.2, 0.25) is 11.0 Å². The number of pyridine rings is 1. The summed E-state index contributed by atoms with van der Waals surface area (Å²) in [6.07, 6.45) is 5.96. The number of halogens is 1. The second-order valence-corrected chi connectivity index (χ2v) is 7.45. The first-order valence-corrected chi connectivity index (χ1v) is 10.7. The quantitative estimate of drug-likeness (QED) is 0.355. The van der Waals surface area contributed by atoms with Crippen LogP contribution in [0.2, 0.25) is 5.02 Å². The fraction of sp³-hybridized carbons (Fsp3) is 0.333. The maximum absolute atomic E-state index is 12.7. The number of nitrogens with zero attached hydrogens (tertiary/aromatic N) is 5. The molecule has 1 amide bonds. The molecule has 2 aromatic rings. The Balaban J connectivity index is 2.23. The highest BCUT2D eigenvalue weighted by Gasteiger charge is 2.17. The Morgan fingerprint density at radius 2 is 2.13 bits per heavy atom. The summed E-state index contributed by atoms with van der Waals surface area (Å²) in [5.74, 6) is 0.582. The summed E-state index contributed by atoms with van der Waals surface area (Å²) in [4.78, 5) is 33.1. The number of rotatable bonds is 8. The highest BCUT2D eigenvalue weighted by atomic mass is 35.5. The number of aromatic nitrogens is 3. The number of methoxy groups -OCH3 is 1. The molecule has 0 radical (unpaired) electrons. The van der Waals surface area contributed by atoms with E-state index in [1.165, 1.54) is 19.6 Å². The molecule has 30 heavy (non-hydrogen) atoms. The molecule has 160 valence electrons. The molecule has 0 aliphatic carbocycles. The molecule has 0 aliphatic heterocycles. The Hall–Kier alpha value is -2.92. The lowest BCUT2D eigenvalue weighted by Crippen LogP contribution is -2.30. The third-order valence-electron chi connectivity index (χ3n) is 3.73. The van der Waals surface area contributed by atoms with Crippen molar-refractivity contribution < 1.29 is 13.7 Å². The number of anilines is 1. The van der Waals surface area contributed by atoms with Gasteiger partial charge in [-0.15, -0.1) is 0 Å². The summed E-state index contributed by atoms with van der Waals surface area (Å²) in [5, 5.41) is 6.23. The largest absolute Gasteiger partial charge is 0.480 e. The zero-order valence-electron chi connectivity index (χ0n) is 17.0. The molecule has 0 spiro atoms. The third kappa shape index (κ3) is 6.29. The number of nitrogens with one attached hydrogen (secondary N) is 2. The number of carbonyl (C=O) groups excluding carboxylic acids is 1. The standard InChI is InChI=1S/C18H22ClN7O3S/c1-5-21-14(20-2)10-23-16(27)12-9-25-18(30(4)28)26-15(12)22-7-11-6-13(19)17(29-3)24-8-11/h5-6,8-9H,7,10H2,1-4H3,(H,23,27)(H,22,25,26). The van der Waals surface area contributed by atoms with Gasteiger partial charge in [0.25, 0.3) is 5.91 Å². The summed E-state index contributed by atoms with van der Waals surface area (Å²) in [6, 6.07) is 1.69. The van der Waals surface area contributed by atoms with Crippen LogP contribution in [0.3, 0.4) is 0 Å². The first kappa shape index (κ1) is 23.4. The van der Waals surface area contributed by atoms with E-state index in [4.69, 9.17) is 16.3 Å². The van der Waals surface area contributed by atoms with Crippen molar-refractivity contribution in [2.75, 3.05) is 32.3 Å². The first-order chi connectivity index (χ1) is 14.4. The van der Waals surface area contributed by atoms with Crippen molar-refractivity contribution in [2.24, 2.45) is 9.98 Å². The minimum Gasteiger partial charge on any atom is -0.480 e. The molecule has 1 unspecified atom stereocenters. The van der Waals surface area contributed by atoms with Crippen LogP contribution in [-0.2, 0) is 17.3 Å². The van der Waals surface area contributed by atoms with Gasteiger partial charge in [0.15, 0.2) is 0 Å². The monoisotopic (exact) mass is 451 g/mol. The summed E-state index contributed by atoms with van der Waals surface area (Å²) in [5.41, 5.74) is 0.926. The summed E-state index contributed by atoms with van der Waals surface area (Å²) < 4.78 is 16.8. The molecule has 0 saturated carbocycles. The number of ether oxygens (including phenoxy) is 1. The van der Waals surface area contributed by atoms with Gasteiger partial charge in [0.05, 0.1) is 24.5 Å². The summed E-state index contributed by atoms with van der Waals surface area (Å²) in [7, 11) is 1.65. The van der Waals surface area contributed by atoms with Gasteiger partial charge in [-0.3, -0.25) is 14.0 Å². The van der Waals surface area contributed by atoms with Crippen LogP contribution < -0.4 is 15.4 Å². The van der Waals surface area contributed by atoms with Crippen molar-refractivity contribution in [2.45, 2.75) is 18.6 Å². The highest BCUT2D eigenvalue weighted by Crippen LogP contribution is 2.22. The lowest BCUT2D eigenvalue weighted by molar-refractivity contribution is 0.0959. The van der Waals surface area contributed by atoms with Crippen molar-refractivity contribution >= 4 is 46.2 Å². The Bertz CT molecular complexity index is 998. The molecule has 10 nitrogen and oxygen atoms in total. The Morgan fingerprint density at radius 1 is 1.37 bits per heavy atom. The minimum atomic E-state index is -1.41. The van der Waals surface area contributed by atoms with Gasteiger partial charge in [-0.05, 0) is 18.6 Å². The maximum atomic E-state index is 12.7. The van der Waals surface area contributed by atoms with Crippen LogP contribution in [0, 0.1) is 0 Å². The molecular formula is C18H22ClN7O3S. The maximum Gasteiger partial charge on any atom is 0.256 e. The van der Waals surface area contributed by atoms with Crippen LogP contribution in [-0.4, -0.2) is 64.1 Å². The molecule has 0 bridgehead atoms. The number of hydrogen-bond acceptors (Lipinski definition) is 8. The number of carbonyl (C=O) groups is 1. The minimum absolute atomic E-state index is 0.103. The number of amides is 1. The molecule has 2 aromatic heterocycles. The molecule has 0 aliphatic rings. The van der Waals surface area contributed by atoms with Crippen molar-refractivity contribution in [3.05, 3.63) is 34.6 Å². The predicted octanol–water partition coefficient (Wildman–Crippen LogP) is 1.73. The van der Waals surface area contributed by atoms with Crippen molar-refractivity contribution in [3.63, 3.8) is 0 Å². The number of aliphatic imine (C=N–C) groups is 2. The molecule has 2 heterocycles. The van der Waals surface area contributed by atoms with E-state index in [1.807, 2.05) is 0 Å². The Morgan fingerprint density at radius 3 is 2.73 bits per heavy atom. The van der Waals surface area contributed by atoms with Crippen LogP contribution in [0.15, 0.2) is 33.6 Å². The lowest BCUT2D eigenvalue weighted by atomic mass is 10.2. The predicted molar refractivity (Wildman–Crippen MR) is 117 cm³/mol. The molecule has 0 saturated heterocycles. The van der Waals surface area contributed by atoms with E-state index in [1.54, 1.807) is 32.4 Å². The van der Waals surface area contributed by atoms with Crippen LogP contribution >= 0.6 is 11.6 Å². The molecule has 0 fully saturated rings. The molecule has 2 rings (SSSR count). The SMILES string of the molecule is CC=NC(CNC(=O)c1cnc(S(C)=O)nc1NCc1cnc(OC)c(Cl)c1)=NC. The lowest BCUT2D eigenvalue weighted by Gasteiger charge is -2.12. The van der Waals surface area contributed by atoms with Crippen molar-refractivity contribution in [1.82, 2.24) is 20.3 Å². The van der Waals surface area contributed by atoms with E-state index in [0.717, 1.165) is 5.56 Å². The number of amidine groups is 1. The van der Waals surface area contributed by atoms with Gasteiger partial charge in [-0.2, -0.15) is 0 Å². The van der Waals surface area contributed by atoms with E-state index in [0.29, 0.717) is 16.7 Å². The zero-order chi connectivity index (χ0) is 22.1. The second-order valence-electron chi connectivity index (χ2n) is 5.77. The highest BCUT2D eigenvalue weighted by molar-refractivity contribution is 7.84. The van der Waals surface area contributed by atoms with Gasteiger partial charge in [0, 0.05) is 38.5 Å². The Labute approximate surface area is 181 Å². The van der Waals surface area contributed by atoms with E-state index >= 15 is 0 Å². The van der Waals surface area contributed by atoms with Gasteiger partial charge in [-0.25, -0.2) is 19.9 Å². The first-order valence-electron chi connectivity index (χ1n) is 8.74. The van der Waals surface area contributed by atoms with E-state index < -0.39 is 16.7 Å². The molecule has 12 heteroatoms. The fourth-order valence-electron chi connectivity index (χ4n) is 2.29. The normalized spacial score (nSPS) is 12.6. The summed E-state index contributed by atoms with van der Waals surface area (Å²) in [6.45, 7) is 2.16. The van der Waals surface area contributed by atoms with Crippen LogP contribution in [0.4, 0.5) is 5.82 Å². The van der Waals surface area contributed by atoms with Crippen molar-refractivity contribution in [3.8, 4) is 5.88 Å². The average molecular weight is 452 g/mol. The van der Waals surface area contributed by atoms with E-state index in [9.17, 15) is 9.00 Å². The van der Waals surface area contributed by atoms with Gasteiger partial charge >= 0.3 is 0 Å². The van der Waals surface area contributed by atoms with Crippen LogP contribution in [0.5, 0.6) is 5.88 Å². The average Bonchev–Trinajstić information content (AvgIpc) is 2.74. The molecular weight excluding hydrogens is 430 g/mol. The topological polar surface area (TPSA) is 131 Å². The Kier molecular flexibility index (Phi) is 8.81. The van der Waals surface area contributed by atoms with Gasteiger partial charge in [-0.1, -0.05) is 11.6 Å². The summed E-state index contributed by atoms with van der Waals surface area (Å²) >= 11 is 6.10. The second kappa shape index (κ2) is 11.3. The van der Waals surface area contributed by atoms with E-state index in [-0.39, 0.29) is 29.6 Å². The molecule has 2 N–H and O–H groups in total. The van der Waals surface area contributed by atoms with Gasteiger partial charge < -0.3 is 15.4 Å².